The largest absolute Gasteiger partial charge is 0.433 e. The maximum Gasteiger partial charge on any atom is 0.433 e. The first-order chi connectivity index (χ1) is 13.9. The molecule has 0 fully saturated rings. The van der Waals surface area contributed by atoms with Crippen LogP contribution in [0.5, 0.6) is 0 Å². The van der Waals surface area contributed by atoms with Gasteiger partial charge in [0.25, 0.3) is 0 Å². The highest BCUT2D eigenvalue weighted by Gasteiger charge is 2.49. The van der Waals surface area contributed by atoms with Crippen molar-refractivity contribution >= 4 is 80.9 Å². The van der Waals surface area contributed by atoms with Crippen LogP contribution in [-0.4, -0.2) is 33.3 Å². The van der Waals surface area contributed by atoms with Crippen molar-refractivity contribution in [3.8, 4) is 0 Å². The van der Waals surface area contributed by atoms with Crippen molar-refractivity contribution in [2.75, 3.05) is 13.3 Å². The Morgan fingerprint density at radius 2 is 1.40 bits per heavy atom. The minimum atomic E-state index is -1.96. The molecule has 2 rings (SSSR count). The van der Waals surface area contributed by atoms with Crippen LogP contribution in [-0.2, 0) is 10.4 Å². The second-order valence-corrected chi connectivity index (χ2v) is 9.82. The van der Waals surface area contributed by atoms with Crippen molar-refractivity contribution in [1.82, 2.24) is 5.32 Å². The average molecular weight is 533 g/mol. The van der Waals surface area contributed by atoms with Gasteiger partial charge in [-0.2, -0.15) is 0 Å². The van der Waals surface area contributed by atoms with Crippen LogP contribution >= 0.6 is 69.8 Å². The molecule has 164 valence electrons. The first kappa shape index (κ1) is 27.2. The van der Waals surface area contributed by atoms with Crippen LogP contribution in [0.15, 0.2) is 53.7 Å². The molecule has 0 radical (unpaired) electrons. The number of nitrogens with zero attached hydrogens (tertiary/aromatic N) is 1. The van der Waals surface area contributed by atoms with E-state index in [4.69, 9.17) is 58.0 Å². The van der Waals surface area contributed by atoms with Gasteiger partial charge in [0.1, 0.15) is 5.04 Å². The van der Waals surface area contributed by atoms with Crippen molar-refractivity contribution in [3.05, 3.63) is 69.7 Å². The minimum Gasteiger partial charge on any atom is -0.376 e. The van der Waals surface area contributed by atoms with Crippen LogP contribution in [0, 0.1) is 0 Å². The molecular weight excluding hydrogens is 514 g/mol. The van der Waals surface area contributed by atoms with E-state index in [0.29, 0.717) is 26.2 Å². The summed E-state index contributed by atoms with van der Waals surface area (Å²) in [5, 5.41) is 18.5. The summed E-state index contributed by atoms with van der Waals surface area (Å²) in [7, 11) is 1.48. The number of thioether (sulfide) groups is 1. The number of alkyl halides is 3. The Morgan fingerprint density at radius 1 is 1.00 bits per heavy atom. The molecule has 2 N–H and O–H groups in total. The van der Waals surface area contributed by atoms with Gasteiger partial charge in [-0.3, -0.25) is 4.84 Å². The summed E-state index contributed by atoms with van der Waals surface area (Å²) < 4.78 is -1.96. The summed E-state index contributed by atoms with van der Waals surface area (Å²) in [6.07, 6.45) is 1.31. The standard InChI is InChI=1S/C14H9Cl5O.C5H10N2O2S/c15-11-5-1-9(2-6-11)13(20,14(17,18)19)10-3-7-12(16)8-4-10;1-4(10-3)7-9-5(8)6-2/h1-8,20H;1-3H3,(H,6,8)/b;7-4+. The molecule has 0 spiro atoms. The second kappa shape index (κ2) is 12.2. The average Bonchev–Trinajstić information content (AvgIpc) is 2.71. The highest BCUT2D eigenvalue weighted by atomic mass is 35.6. The highest BCUT2D eigenvalue weighted by Crippen LogP contribution is 2.49. The van der Waals surface area contributed by atoms with E-state index < -0.39 is 15.5 Å². The first-order valence-corrected chi connectivity index (χ1v) is 11.4. The number of aliphatic hydroxyl groups is 1. The number of halogens is 5. The quantitative estimate of drug-likeness (QED) is 0.153. The molecule has 0 heterocycles. The summed E-state index contributed by atoms with van der Waals surface area (Å²) in [6, 6.07) is 12.9. The van der Waals surface area contributed by atoms with Gasteiger partial charge >= 0.3 is 6.09 Å². The van der Waals surface area contributed by atoms with Crippen LogP contribution in [0.1, 0.15) is 18.1 Å². The van der Waals surface area contributed by atoms with Gasteiger partial charge in [0.05, 0.1) is 0 Å². The number of rotatable bonds is 3. The minimum absolute atomic E-state index is 0.421. The van der Waals surface area contributed by atoms with E-state index >= 15 is 0 Å². The summed E-state index contributed by atoms with van der Waals surface area (Å²) in [4.78, 5) is 14.7. The van der Waals surface area contributed by atoms with Gasteiger partial charge < -0.3 is 10.4 Å². The number of carbonyl (C=O) groups is 1. The van der Waals surface area contributed by atoms with E-state index in [0.717, 1.165) is 0 Å². The normalized spacial score (nSPS) is 12.0. The number of nitrogens with one attached hydrogen (secondary N) is 1. The fraction of sp³-hybridized carbons (Fsp3) is 0.263. The van der Waals surface area contributed by atoms with Gasteiger partial charge in [0.2, 0.25) is 3.79 Å². The van der Waals surface area contributed by atoms with Gasteiger partial charge in [-0.15, -0.1) is 11.8 Å². The van der Waals surface area contributed by atoms with E-state index in [1.54, 1.807) is 55.5 Å². The van der Waals surface area contributed by atoms with Crippen LogP contribution in [0.4, 0.5) is 4.79 Å². The van der Waals surface area contributed by atoms with E-state index in [-0.39, 0.29) is 0 Å². The zero-order valence-electron chi connectivity index (χ0n) is 16.1. The molecule has 0 atom stereocenters. The van der Waals surface area contributed by atoms with Crippen molar-refractivity contribution in [1.29, 1.82) is 0 Å². The Hall–Kier alpha value is -0.860. The third-order valence-corrected chi connectivity index (χ3v) is 5.68. The van der Waals surface area contributed by atoms with Crippen LogP contribution < -0.4 is 5.32 Å². The van der Waals surface area contributed by atoms with Crippen molar-refractivity contribution in [3.63, 3.8) is 0 Å². The third-order valence-electron chi connectivity index (χ3n) is 3.69. The van der Waals surface area contributed by atoms with E-state index in [9.17, 15) is 9.90 Å². The topological polar surface area (TPSA) is 70.9 Å². The molecule has 30 heavy (non-hydrogen) atoms. The van der Waals surface area contributed by atoms with E-state index in [1.807, 2.05) is 6.26 Å². The summed E-state index contributed by atoms with van der Waals surface area (Å²) >= 11 is 31.1. The number of amides is 1. The van der Waals surface area contributed by atoms with Crippen molar-refractivity contribution in [2.24, 2.45) is 5.16 Å². The van der Waals surface area contributed by atoms with Gasteiger partial charge in [-0.25, -0.2) is 4.79 Å². The zero-order valence-corrected chi connectivity index (χ0v) is 20.7. The van der Waals surface area contributed by atoms with Crippen molar-refractivity contribution in [2.45, 2.75) is 16.3 Å². The number of carbonyl (C=O) groups excluding carboxylic acids is 1. The monoisotopic (exact) mass is 530 g/mol. The Labute approximate surface area is 204 Å². The third kappa shape index (κ3) is 7.68. The molecule has 2 aromatic carbocycles. The van der Waals surface area contributed by atoms with Gasteiger partial charge in [0, 0.05) is 17.1 Å². The zero-order chi connectivity index (χ0) is 22.9. The molecule has 0 bridgehead atoms. The van der Waals surface area contributed by atoms with E-state index in [2.05, 4.69) is 15.3 Å². The molecule has 1 amide bonds. The lowest BCUT2D eigenvalue weighted by Gasteiger charge is -2.35. The lowest BCUT2D eigenvalue weighted by atomic mass is 9.87. The van der Waals surface area contributed by atoms with Crippen LogP contribution in [0.3, 0.4) is 0 Å². The second-order valence-electron chi connectivity index (χ2n) is 5.67. The van der Waals surface area contributed by atoms with Crippen molar-refractivity contribution < 1.29 is 14.7 Å². The number of hydrogen-bond donors (Lipinski definition) is 2. The molecule has 0 aromatic heterocycles. The Bertz CT molecular complexity index is 810. The molecular formula is C19H19Cl5N2O3S. The highest BCUT2D eigenvalue weighted by molar-refractivity contribution is 8.13. The smallest absolute Gasteiger partial charge is 0.376 e. The number of hydrogen-bond acceptors (Lipinski definition) is 5. The van der Waals surface area contributed by atoms with Gasteiger partial charge in [-0.05, 0) is 48.6 Å². The molecule has 0 aliphatic carbocycles. The molecule has 2 aromatic rings. The fourth-order valence-corrected chi connectivity index (χ4v) is 3.08. The predicted molar refractivity (Wildman–Crippen MR) is 128 cm³/mol. The maximum atomic E-state index is 11.0. The lowest BCUT2D eigenvalue weighted by molar-refractivity contribution is 0.0850. The Kier molecular flexibility index (Phi) is 11.1. The lowest BCUT2D eigenvalue weighted by Crippen LogP contribution is -2.41. The van der Waals surface area contributed by atoms with E-state index in [1.165, 1.54) is 18.8 Å². The maximum absolute atomic E-state index is 11.0. The molecule has 0 saturated heterocycles. The SMILES string of the molecule is CNC(=O)O/N=C(\C)SC.OC(c1ccc(Cl)cc1)(c1ccc(Cl)cc1)C(Cl)(Cl)Cl. The summed E-state index contributed by atoms with van der Waals surface area (Å²) in [6.45, 7) is 1.76. The Balaban J connectivity index is 0.000000382. The van der Waals surface area contributed by atoms with Gasteiger partial charge in [-0.1, -0.05) is 87.4 Å². The molecule has 0 unspecified atom stereocenters. The predicted octanol–water partition coefficient (Wildman–Crippen LogP) is 6.64. The first-order valence-electron chi connectivity index (χ1n) is 8.24. The number of oxime groups is 1. The Morgan fingerprint density at radius 3 is 1.70 bits per heavy atom. The van der Waals surface area contributed by atoms with Gasteiger partial charge in [0.15, 0.2) is 5.60 Å². The fourth-order valence-electron chi connectivity index (χ4n) is 2.06. The van der Waals surface area contributed by atoms with Crippen LogP contribution in [0.2, 0.25) is 10.0 Å². The molecule has 0 aliphatic rings. The summed E-state index contributed by atoms with van der Waals surface area (Å²) in [5.74, 6) is 0. The number of benzene rings is 2. The summed E-state index contributed by atoms with van der Waals surface area (Å²) in [5.41, 5.74) is -0.972. The molecule has 5 nitrogen and oxygen atoms in total. The molecule has 0 aliphatic heterocycles. The van der Waals surface area contributed by atoms with Crippen LogP contribution in [0.25, 0.3) is 0 Å². The molecule has 11 heteroatoms. The molecule has 0 saturated carbocycles.